The SMILES string of the molecule is CNC(=O)NCc1cccc(OC)c1. The Bertz CT molecular complexity index is 313. The molecule has 0 saturated heterocycles. The first kappa shape index (κ1) is 10.4. The summed E-state index contributed by atoms with van der Waals surface area (Å²) >= 11 is 0. The van der Waals surface area contributed by atoms with Gasteiger partial charge in [0.2, 0.25) is 0 Å². The molecule has 1 rings (SSSR count). The van der Waals surface area contributed by atoms with Crippen LogP contribution in [-0.2, 0) is 6.54 Å². The lowest BCUT2D eigenvalue weighted by Gasteiger charge is -2.05. The molecule has 0 aromatic heterocycles. The molecule has 14 heavy (non-hydrogen) atoms. The minimum absolute atomic E-state index is 0.187. The highest BCUT2D eigenvalue weighted by Crippen LogP contribution is 2.11. The highest BCUT2D eigenvalue weighted by molar-refractivity contribution is 5.73. The molecule has 0 heterocycles. The Morgan fingerprint density at radius 1 is 1.50 bits per heavy atom. The maximum absolute atomic E-state index is 10.9. The maximum atomic E-state index is 10.9. The van der Waals surface area contributed by atoms with Crippen LogP contribution in [-0.4, -0.2) is 20.2 Å². The van der Waals surface area contributed by atoms with Crippen molar-refractivity contribution < 1.29 is 9.53 Å². The molecule has 0 aliphatic carbocycles. The molecule has 76 valence electrons. The molecule has 2 N–H and O–H groups in total. The van der Waals surface area contributed by atoms with Crippen LogP contribution in [0.3, 0.4) is 0 Å². The van der Waals surface area contributed by atoms with Gasteiger partial charge in [-0.05, 0) is 17.7 Å². The zero-order valence-electron chi connectivity index (χ0n) is 8.33. The first-order valence-corrected chi connectivity index (χ1v) is 4.34. The van der Waals surface area contributed by atoms with Crippen LogP contribution in [0, 0.1) is 0 Å². The number of carbonyl (C=O) groups excluding carboxylic acids is 1. The molecular weight excluding hydrogens is 180 g/mol. The lowest BCUT2D eigenvalue weighted by molar-refractivity contribution is 0.242. The number of hydrogen-bond acceptors (Lipinski definition) is 2. The molecule has 0 unspecified atom stereocenters. The summed E-state index contributed by atoms with van der Waals surface area (Å²) in [6, 6.07) is 7.38. The zero-order chi connectivity index (χ0) is 10.4. The van der Waals surface area contributed by atoms with E-state index in [0.717, 1.165) is 11.3 Å². The number of methoxy groups -OCH3 is 1. The van der Waals surface area contributed by atoms with Gasteiger partial charge in [0.15, 0.2) is 0 Å². The number of hydrogen-bond donors (Lipinski definition) is 2. The van der Waals surface area contributed by atoms with Crippen LogP contribution < -0.4 is 15.4 Å². The van der Waals surface area contributed by atoms with E-state index < -0.39 is 0 Å². The Hall–Kier alpha value is -1.71. The molecule has 2 amide bonds. The molecule has 0 aliphatic heterocycles. The monoisotopic (exact) mass is 194 g/mol. The minimum Gasteiger partial charge on any atom is -0.497 e. The summed E-state index contributed by atoms with van der Waals surface area (Å²) in [6.45, 7) is 0.497. The van der Waals surface area contributed by atoms with Crippen molar-refractivity contribution in [3.8, 4) is 5.75 Å². The van der Waals surface area contributed by atoms with Crippen molar-refractivity contribution in [2.75, 3.05) is 14.2 Å². The summed E-state index contributed by atoms with van der Waals surface area (Å²) < 4.78 is 5.06. The fourth-order valence-corrected chi connectivity index (χ4v) is 1.05. The molecule has 0 aliphatic rings. The number of urea groups is 1. The van der Waals surface area contributed by atoms with Gasteiger partial charge in [0.1, 0.15) is 5.75 Å². The van der Waals surface area contributed by atoms with Crippen LogP contribution in [0.1, 0.15) is 5.56 Å². The second kappa shape index (κ2) is 5.11. The van der Waals surface area contributed by atoms with Gasteiger partial charge in [0, 0.05) is 13.6 Å². The van der Waals surface area contributed by atoms with Gasteiger partial charge in [0.05, 0.1) is 7.11 Å². The Kier molecular flexibility index (Phi) is 3.79. The van der Waals surface area contributed by atoms with E-state index in [1.165, 1.54) is 0 Å². The summed E-state index contributed by atoms with van der Waals surface area (Å²) in [5.41, 5.74) is 1.01. The summed E-state index contributed by atoms with van der Waals surface area (Å²) in [7, 11) is 3.20. The van der Waals surface area contributed by atoms with Crippen LogP contribution in [0.4, 0.5) is 4.79 Å². The van der Waals surface area contributed by atoms with E-state index >= 15 is 0 Å². The number of amides is 2. The summed E-state index contributed by atoms with van der Waals surface area (Å²) in [6.07, 6.45) is 0. The number of benzene rings is 1. The fourth-order valence-electron chi connectivity index (χ4n) is 1.05. The van der Waals surface area contributed by atoms with Crippen LogP contribution in [0.2, 0.25) is 0 Å². The zero-order valence-corrected chi connectivity index (χ0v) is 8.33. The molecular formula is C10H14N2O2. The molecule has 4 nitrogen and oxygen atoms in total. The molecule has 4 heteroatoms. The van der Waals surface area contributed by atoms with Crippen molar-refractivity contribution in [3.63, 3.8) is 0 Å². The topological polar surface area (TPSA) is 50.4 Å². The summed E-state index contributed by atoms with van der Waals surface area (Å²) in [5.74, 6) is 0.793. The van der Waals surface area contributed by atoms with Gasteiger partial charge in [-0.25, -0.2) is 4.79 Å². The quantitative estimate of drug-likeness (QED) is 0.757. The van der Waals surface area contributed by atoms with Gasteiger partial charge in [0.25, 0.3) is 0 Å². The van der Waals surface area contributed by atoms with Gasteiger partial charge in [-0.15, -0.1) is 0 Å². The number of ether oxygens (including phenoxy) is 1. The van der Waals surface area contributed by atoms with Crippen LogP contribution in [0.25, 0.3) is 0 Å². The Morgan fingerprint density at radius 2 is 2.29 bits per heavy atom. The predicted octanol–water partition coefficient (Wildman–Crippen LogP) is 1.12. The Balaban J connectivity index is 2.54. The van der Waals surface area contributed by atoms with Gasteiger partial charge >= 0.3 is 6.03 Å². The fraction of sp³-hybridized carbons (Fsp3) is 0.300. The summed E-state index contributed by atoms with van der Waals surface area (Å²) in [5, 5.41) is 5.18. The van der Waals surface area contributed by atoms with Crippen molar-refractivity contribution in [1.82, 2.24) is 10.6 Å². The van der Waals surface area contributed by atoms with Crippen LogP contribution in [0.5, 0.6) is 5.75 Å². The summed E-state index contributed by atoms with van der Waals surface area (Å²) in [4.78, 5) is 10.9. The molecule has 0 saturated carbocycles. The Morgan fingerprint density at radius 3 is 2.93 bits per heavy atom. The smallest absolute Gasteiger partial charge is 0.314 e. The first-order valence-electron chi connectivity index (χ1n) is 4.34. The normalized spacial score (nSPS) is 9.29. The minimum atomic E-state index is -0.187. The van der Waals surface area contributed by atoms with E-state index in [1.54, 1.807) is 14.2 Å². The van der Waals surface area contributed by atoms with Crippen molar-refractivity contribution in [2.45, 2.75) is 6.54 Å². The number of carbonyl (C=O) groups is 1. The van der Waals surface area contributed by atoms with Crippen molar-refractivity contribution in [2.24, 2.45) is 0 Å². The standard InChI is InChI=1S/C10H14N2O2/c1-11-10(13)12-7-8-4-3-5-9(6-8)14-2/h3-6H,7H2,1-2H3,(H2,11,12,13). The third-order valence-electron chi connectivity index (χ3n) is 1.81. The average Bonchev–Trinajstić information content (AvgIpc) is 2.26. The maximum Gasteiger partial charge on any atom is 0.314 e. The molecule has 1 aromatic carbocycles. The Labute approximate surface area is 83.3 Å². The second-order valence-corrected chi connectivity index (χ2v) is 2.78. The highest BCUT2D eigenvalue weighted by atomic mass is 16.5. The van der Waals surface area contributed by atoms with Gasteiger partial charge in [-0.1, -0.05) is 12.1 Å². The lowest BCUT2D eigenvalue weighted by atomic mass is 10.2. The molecule has 0 bridgehead atoms. The first-order chi connectivity index (χ1) is 6.76. The highest BCUT2D eigenvalue weighted by Gasteiger charge is 1.98. The van der Waals surface area contributed by atoms with E-state index in [4.69, 9.17) is 4.74 Å². The third kappa shape index (κ3) is 2.97. The predicted molar refractivity (Wildman–Crippen MR) is 54.3 cm³/mol. The van der Waals surface area contributed by atoms with E-state index in [2.05, 4.69) is 10.6 Å². The van der Waals surface area contributed by atoms with Gasteiger partial charge < -0.3 is 15.4 Å². The van der Waals surface area contributed by atoms with Crippen LogP contribution >= 0.6 is 0 Å². The van der Waals surface area contributed by atoms with E-state index in [0.29, 0.717) is 6.54 Å². The van der Waals surface area contributed by atoms with E-state index in [1.807, 2.05) is 24.3 Å². The molecule has 0 atom stereocenters. The number of rotatable bonds is 3. The average molecular weight is 194 g/mol. The largest absolute Gasteiger partial charge is 0.497 e. The van der Waals surface area contributed by atoms with Gasteiger partial charge in [-0.3, -0.25) is 0 Å². The van der Waals surface area contributed by atoms with Crippen molar-refractivity contribution >= 4 is 6.03 Å². The van der Waals surface area contributed by atoms with Crippen molar-refractivity contribution in [1.29, 1.82) is 0 Å². The number of nitrogens with one attached hydrogen (secondary N) is 2. The molecule has 0 fully saturated rings. The molecule has 0 spiro atoms. The molecule has 0 radical (unpaired) electrons. The third-order valence-corrected chi connectivity index (χ3v) is 1.81. The van der Waals surface area contributed by atoms with E-state index in [9.17, 15) is 4.79 Å². The van der Waals surface area contributed by atoms with Crippen molar-refractivity contribution in [3.05, 3.63) is 29.8 Å². The molecule has 1 aromatic rings. The van der Waals surface area contributed by atoms with Gasteiger partial charge in [-0.2, -0.15) is 0 Å². The van der Waals surface area contributed by atoms with Crippen LogP contribution in [0.15, 0.2) is 24.3 Å². The second-order valence-electron chi connectivity index (χ2n) is 2.78. The lowest BCUT2D eigenvalue weighted by Crippen LogP contribution is -2.32. The van der Waals surface area contributed by atoms with E-state index in [-0.39, 0.29) is 6.03 Å².